The summed E-state index contributed by atoms with van der Waals surface area (Å²) in [6, 6.07) is 20.1. The Labute approximate surface area is 260 Å². The highest BCUT2D eigenvalue weighted by Crippen LogP contribution is 2.29. The van der Waals surface area contributed by atoms with Crippen LogP contribution >= 0.6 is 0 Å². The number of anilines is 1. The molecule has 0 saturated carbocycles. The first kappa shape index (κ1) is 31.6. The average Bonchev–Trinajstić information content (AvgIpc) is 3.54. The summed E-state index contributed by atoms with van der Waals surface area (Å²) in [5.41, 5.74) is 0.587. The molecule has 1 aromatic heterocycles. The van der Waals surface area contributed by atoms with Gasteiger partial charge in [0.05, 0.1) is 18.2 Å². The van der Waals surface area contributed by atoms with Gasteiger partial charge < -0.3 is 19.6 Å². The van der Waals surface area contributed by atoms with Crippen molar-refractivity contribution in [2.75, 3.05) is 50.8 Å². The maximum absolute atomic E-state index is 15.1. The predicted octanol–water partition coefficient (Wildman–Crippen LogP) is 3.57. The number of benzene rings is 3. The molecule has 1 saturated heterocycles. The minimum absolute atomic E-state index is 0.0377. The lowest BCUT2D eigenvalue weighted by Crippen LogP contribution is -2.48. The number of aliphatic hydroxyl groups is 1. The zero-order valence-corrected chi connectivity index (χ0v) is 25.0. The van der Waals surface area contributed by atoms with Gasteiger partial charge >= 0.3 is 0 Å². The van der Waals surface area contributed by atoms with Crippen LogP contribution in [0, 0.1) is 23.0 Å². The smallest absolute Gasteiger partial charge is 0.219 e. The second-order valence-electron chi connectivity index (χ2n) is 11.1. The fourth-order valence-electron chi connectivity index (χ4n) is 5.52. The summed E-state index contributed by atoms with van der Waals surface area (Å²) in [4.78, 5) is 21.6. The van der Waals surface area contributed by atoms with E-state index >= 15 is 4.39 Å². The fourth-order valence-corrected chi connectivity index (χ4v) is 5.52. The molecule has 3 aromatic carbocycles. The number of nitrogens with zero attached hydrogens (tertiary/aromatic N) is 7. The van der Waals surface area contributed by atoms with Gasteiger partial charge in [-0.3, -0.25) is 9.69 Å². The molecule has 0 bridgehead atoms. The predicted molar refractivity (Wildman–Crippen MR) is 163 cm³/mol. The lowest BCUT2D eigenvalue weighted by atomic mass is 9.92. The highest BCUT2D eigenvalue weighted by atomic mass is 19.1. The molecule has 234 valence electrons. The maximum atomic E-state index is 15.1. The molecule has 1 aliphatic rings. The Hall–Kier alpha value is -4.86. The van der Waals surface area contributed by atoms with E-state index in [0.29, 0.717) is 37.5 Å². The van der Waals surface area contributed by atoms with Crippen molar-refractivity contribution >= 4 is 11.6 Å². The molecule has 1 fully saturated rings. The zero-order chi connectivity index (χ0) is 31.8. The topological polar surface area (TPSA) is 111 Å². The van der Waals surface area contributed by atoms with E-state index in [1.54, 1.807) is 19.1 Å². The molecule has 1 N–H and O–H groups in total. The van der Waals surface area contributed by atoms with Crippen molar-refractivity contribution in [3.05, 3.63) is 108 Å². The molecular formula is C33H35F2N7O3. The summed E-state index contributed by atoms with van der Waals surface area (Å²) in [5.74, 6) is -0.852. The number of hydrogen-bond donors (Lipinski definition) is 1. The molecule has 1 aliphatic heterocycles. The standard InChI is InChI=1S/C33H35F2N7O3/c1-25(43)40-12-14-41(15-13-40)29-7-9-30(10-8-29)45-17-16-39(20-27-4-2-26(19-36)3-5-27)21-33(44,22-42-24-37-23-38-42)31-11-6-28(34)18-32(31)35/h2-11,18,23-24,44H,12-17,20-22H2,1H3. The van der Waals surface area contributed by atoms with Crippen LogP contribution in [0.15, 0.2) is 79.4 Å². The second-order valence-corrected chi connectivity index (χ2v) is 11.1. The van der Waals surface area contributed by atoms with Crippen molar-refractivity contribution in [1.29, 1.82) is 5.26 Å². The average molecular weight is 616 g/mol. The quantitative estimate of drug-likeness (QED) is 0.258. The molecule has 5 rings (SSSR count). The number of rotatable bonds is 12. The SMILES string of the molecule is CC(=O)N1CCN(c2ccc(OCCN(Cc3ccc(C#N)cc3)CC(O)(Cn3cncn3)c3ccc(F)cc3F)cc2)CC1. The van der Waals surface area contributed by atoms with Crippen molar-refractivity contribution in [3.63, 3.8) is 0 Å². The Morgan fingerprint density at radius 1 is 1.07 bits per heavy atom. The molecule has 0 spiro atoms. The van der Waals surface area contributed by atoms with Crippen molar-refractivity contribution in [3.8, 4) is 11.8 Å². The molecule has 45 heavy (non-hydrogen) atoms. The van der Waals surface area contributed by atoms with Crippen LogP contribution in [0.1, 0.15) is 23.6 Å². The van der Waals surface area contributed by atoms with Crippen LogP contribution in [0.25, 0.3) is 0 Å². The van der Waals surface area contributed by atoms with Crippen LogP contribution in [-0.4, -0.2) is 81.5 Å². The lowest BCUT2D eigenvalue weighted by Gasteiger charge is -2.35. The molecule has 0 radical (unpaired) electrons. The third kappa shape index (κ3) is 8.20. The van der Waals surface area contributed by atoms with Gasteiger partial charge in [-0.15, -0.1) is 0 Å². The number of amides is 1. The monoisotopic (exact) mass is 615 g/mol. The highest BCUT2D eigenvalue weighted by Gasteiger charge is 2.35. The Bertz CT molecular complexity index is 1600. The van der Waals surface area contributed by atoms with Gasteiger partial charge in [-0.2, -0.15) is 10.4 Å². The number of aromatic nitrogens is 3. The number of piperazine rings is 1. The highest BCUT2D eigenvalue weighted by molar-refractivity contribution is 5.73. The largest absolute Gasteiger partial charge is 0.492 e. The summed E-state index contributed by atoms with van der Waals surface area (Å²) in [5, 5.41) is 25.3. The molecule has 0 aliphatic carbocycles. The fraction of sp³-hybridized carbons (Fsp3) is 0.333. The normalized spacial score (nSPS) is 14.7. The van der Waals surface area contributed by atoms with Crippen LogP contribution in [0.5, 0.6) is 5.75 Å². The van der Waals surface area contributed by atoms with E-state index in [0.717, 1.165) is 36.5 Å². The Morgan fingerprint density at radius 3 is 2.42 bits per heavy atom. The van der Waals surface area contributed by atoms with Crippen molar-refractivity contribution in [1.82, 2.24) is 24.6 Å². The third-order valence-electron chi connectivity index (χ3n) is 7.90. The van der Waals surface area contributed by atoms with Gasteiger partial charge in [-0.25, -0.2) is 18.4 Å². The molecule has 1 atom stereocenters. The first-order chi connectivity index (χ1) is 21.7. The van der Waals surface area contributed by atoms with Gasteiger partial charge in [0.2, 0.25) is 5.91 Å². The lowest BCUT2D eigenvalue weighted by molar-refractivity contribution is -0.129. The van der Waals surface area contributed by atoms with Crippen LogP contribution in [0.2, 0.25) is 0 Å². The molecule has 4 aromatic rings. The summed E-state index contributed by atoms with van der Waals surface area (Å²) in [6.45, 7) is 5.31. The van der Waals surface area contributed by atoms with E-state index in [1.165, 1.54) is 23.4 Å². The number of carbonyl (C=O) groups excluding carboxylic acids is 1. The Balaban J connectivity index is 1.30. The molecule has 2 heterocycles. The molecule has 10 nitrogen and oxygen atoms in total. The summed E-state index contributed by atoms with van der Waals surface area (Å²) < 4.78 is 36.4. The minimum atomic E-state index is -1.80. The molecule has 1 unspecified atom stereocenters. The number of ether oxygens (including phenoxy) is 1. The van der Waals surface area contributed by atoms with Crippen molar-refractivity contribution in [2.45, 2.75) is 25.6 Å². The van der Waals surface area contributed by atoms with Gasteiger partial charge in [-0.1, -0.05) is 18.2 Å². The Morgan fingerprint density at radius 2 is 1.80 bits per heavy atom. The van der Waals surface area contributed by atoms with E-state index < -0.39 is 17.2 Å². The van der Waals surface area contributed by atoms with Gasteiger partial charge in [0.25, 0.3) is 0 Å². The maximum Gasteiger partial charge on any atom is 0.219 e. The summed E-state index contributed by atoms with van der Waals surface area (Å²) >= 11 is 0. The van der Waals surface area contributed by atoms with E-state index in [4.69, 9.17) is 4.74 Å². The van der Waals surface area contributed by atoms with Gasteiger partial charge in [0.15, 0.2) is 0 Å². The number of carbonyl (C=O) groups is 1. The van der Waals surface area contributed by atoms with Crippen LogP contribution in [-0.2, 0) is 23.5 Å². The van der Waals surface area contributed by atoms with Crippen LogP contribution in [0.3, 0.4) is 0 Å². The molecule has 12 heteroatoms. The molecular weight excluding hydrogens is 580 g/mol. The zero-order valence-electron chi connectivity index (χ0n) is 25.0. The van der Waals surface area contributed by atoms with E-state index in [2.05, 4.69) is 21.1 Å². The van der Waals surface area contributed by atoms with Crippen molar-refractivity contribution < 1.29 is 23.4 Å². The first-order valence-corrected chi connectivity index (χ1v) is 14.7. The van der Waals surface area contributed by atoms with Gasteiger partial charge in [0, 0.05) is 70.1 Å². The van der Waals surface area contributed by atoms with Crippen LogP contribution in [0.4, 0.5) is 14.5 Å². The van der Waals surface area contributed by atoms with E-state index in [9.17, 15) is 19.6 Å². The van der Waals surface area contributed by atoms with Gasteiger partial charge in [0.1, 0.15) is 42.2 Å². The summed E-state index contributed by atoms with van der Waals surface area (Å²) in [6.07, 6.45) is 2.74. The van der Waals surface area contributed by atoms with E-state index in [-0.39, 0.29) is 31.2 Å². The molecule has 1 amide bonds. The van der Waals surface area contributed by atoms with Crippen molar-refractivity contribution in [2.24, 2.45) is 0 Å². The first-order valence-electron chi connectivity index (χ1n) is 14.7. The number of nitriles is 1. The van der Waals surface area contributed by atoms with E-state index in [1.807, 2.05) is 46.2 Å². The second kappa shape index (κ2) is 14.3. The summed E-state index contributed by atoms with van der Waals surface area (Å²) in [7, 11) is 0. The third-order valence-corrected chi connectivity index (χ3v) is 7.90. The van der Waals surface area contributed by atoms with Gasteiger partial charge in [-0.05, 0) is 48.0 Å². The van der Waals surface area contributed by atoms with Crippen LogP contribution < -0.4 is 9.64 Å². The minimum Gasteiger partial charge on any atom is -0.492 e. The number of hydrogen-bond acceptors (Lipinski definition) is 8. The Kier molecular flexibility index (Phi) is 10.0. The number of halogens is 2.